The molecule has 4 nitrogen and oxygen atoms in total. The molecule has 1 N–H and O–H groups in total. The molecule has 1 aromatic rings. The van der Waals surface area contributed by atoms with Crippen LogP contribution in [0, 0.1) is 0 Å². The molecule has 0 aromatic heterocycles. The topological polar surface area (TPSA) is 63.2 Å². The minimum absolute atomic E-state index is 0.115. The third-order valence-electron chi connectivity index (χ3n) is 2.32. The Morgan fingerprint density at radius 3 is 2.47 bits per heavy atom. The first-order chi connectivity index (χ1) is 7.72. The standard InChI is InChI=1S/C9H6F3NO3S/c10-9(11,12)17(15,16)6-1-2-7-5(3-6)4-8(14)13-7/h1-3H,4H2,(H,13,14). The molecule has 0 spiro atoms. The van der Waals surface area contributed by atoms with E-state index in [-0.39, 0.29) is 17.9 Å². The number of alkyl halides is 3. The first kappa shape index (κ1) is 11.9. The van der Waals surface area contributed by atoms with Crippen molar-refractivity contribution in [2.45, 2.75) is 16.8 Å². The Bertz CT molecular complexity index is 592. The minimum atomic E-state index is -5.35. The molecule has 17 heavy (non-hydrogen) atoms. The second-order valence-electron chi connectivity index (χ2n) is 3.49. The fourth-order valence-corrected chi connectivity index (χ4v) is 2.32. The number of nitrogens with one attached hydrogen (secondary N) is 1. The first-order valence-corrected chi connectivity index (χ1v) is 5.94. The van der Waals surface area contributed by atoms with Crippen molar-refractivity contribution in [1.82, 2.24) is 0 Å². The Hall–Kier alpha value is -1.57. The van der Waals surface area contributed by atoms with Gasteiger partial charge in [-0.1, -0.05) is 0 Å². The molecule has 0 saturated carbocycles. The van der Waals surface area contributed by atoms with Gasteiger partial charge in [0.2, 0.25) is 5.91 Å². The quantitative estimate of drug-likeness (QED) is 0.836. The number of fused-ring (bicyclic) bond motifs is 1. The zero-order valence-corrected chi connectivity index (χ0v) is 9.02. The number of amides is 1. The van der Waals surface area contributed by atoms with Crippen molar-refractivity contribution in [3.63, 3.8) is 0 Å². The molecule has 92 valence electrons. The van der Waals surface area contributed by atoms with Crippen molar-refractivity contribution in [1.29, 1.82) is 0 Å². The monoisotopic (exact) mass is 265 g/mol. The van der Waals surface area contributed by atoms with Crippen molar-refractivity contribution in [2.24, 2.45) is 0 Å². The van der Waals surface area contributed by atoms with E-state index < -0.39 is 20.2 Å². The van der Waals surface area contributed by atoms with E-state index in [1.165, 1.54) is 0 Å². The summed E-state index contributed by atoms with van der Waals surface area (Å²) in [6.45, 7) is 0. The van der Waals surface area contributed by atoms with Crippen LogP contribution in [0.25, 0.3) is 0 Å². The zero-order chi connectivity index (χ0) is 12.8. The predicted molar refractivity (Wildman–Crippen MR) is 52.0 cm³/mol. The molecule has 0 aliphatic carbocycles. The van der Waals surface area contributed by atoms with Crippen LogP contribution in [0.15, 0.2) is 23.1 Å². The lowest BCUT2D eigenvalue weighted by molar-refractivity contribution is -0.115. The van der Waals surface area contributed by atoms with Crippen molar-refractivity contribution in [3.8, 4) is 0 Å². The predicted octanol–water partition coefficient (Wildman–Crippen LogP) is 1.47. The van der Waals surface area contributed by atoms with Crippen LogP contribution in [-0.4, -0.2) is 19.8 Å². The molecule has 2 rings (SSSR count). The number of carbonyl (C=O) groups excluding carboxylic acids is 1. The third kappa shape index (κ3) is 1.88. The number of carbonyl (C=O) groups is 1. The summed E-state index contributed by atoms with van der Waals surface area (Å²) < 4.78 is 59.0. The van der Waals surface area contributed by atoms with Gasteiger partial charge in [0.1, 0.15) is 0 Å². The SMILES string of the molecule is O=C1Cc2cc(S(=O)(=O)C(F)(F)F)ccc2N1. The molecule has 0 unspecified atom stereocenters. The van der Waals surface area contributed by atoms with Crippen LogP contribution in [0.2, 0.25) is 0 Å². The van der Waals surface area contributed by atoms with Gasteiger partial charge in [-0.2, -0.15) is 13.2 Å². The molecular weight excluding hydrogens is 259 g/mol. The van der Waals surface area contributed by atoms with E-state index in [4.69, 9.17) is 0 Å². The van der Waals surface area contributed by atoms with Gasteiger partial charge in [0.25, 0.3) is 9.84 Å². The van der Waals surface area contributed by atoms with E-state index in [9.17, 15) is 26.4 Å². The van der Waals surface area contributed by atoms with Gasteiger partial charge in [0.15, 0.2) is 0 Å². The summed E-state index contributed by atoms with van der Waals surface area (Å²) in [7, 11) is -5.35. The number of hydrogen-bond donors (Lipinski definition) is 1. The molecule has 8 heteroatoms. The zero-order valence-electron chi connectivity index (χ0n) is 8.21. The van der Waals surface area contributed by atoms with Crippen molar-refractivity contribution in [3.05, 3.63) is 23.8 Å². The molecule has 0 radical (unpaired) electrons. The van der Waals surface area contributed by atoms with E-state index in [0.29, 0.717) is 5.69 Å². The Balaban J connectivity index is 2.51. The summed E-state index contributed by atoms with van der Waals surface area (Å²) in [5.74, 6) is -0.374. The highest BCUT2D eigenvalue weighted by Gasteiger charge is 2.47. The Morgan fingerprint density at radius 1 is 1.24 bits per heavy atom. The maximum Gasteiger partial charge on any atom is 0.501 e. The van der Waals surface area contributed by atoms with Gasteiger partial charge in [0.05, 0.1) is 11.3 Å². The van der Waals surface area contributed by atoms with Crippen molar-refractivity contribution < 1.29 is 26.4 Å². The number of sulfone groups is 1. The Morgan fingerprint density at radius 2 is 1.88 bits per heavy atom. The number of hydrogen-bond acceptors (Lipinski definition) is 3. The van der Waals surface area contributed by atoms with Gasteiger partial charge in [0, 0.05) is 5.69 Å². The molecule has 0 fully saturated rings. The molecule has 1 aliphatic heterocycles. The van der Waals surface area contributed by atoms with E-state index in [0.717, 1.165) is 18.2 Å². The van der Waals surface area contributed by atoms with Gasteiger partial charge >= 0.3 is 5.51 Å². The van der Waals surface area contributed by atoms with Gasteiger partial charge < -0.3 is 5.32 Å². The average Bonchev–Trinajstić information content (AvgIpc) is 2.54. The maximum atomic E-state index is 12.3. The maximum absolute atomic E-state index is 12.3. The molecule has 1 heterocycles. The lowest BCUT2D eigenvalue weighted by Crippen LogP contribution is -2.23. The van der Waals surface area contributed by atoms with Crippen molar-refractivity contribution >= 4 is 21.4 Å². The highest BCUT2D eigenvalue weighted by molar-refractivity contribution is 7.92. The van der Waals surface area contributed by atoms with E-state index in [2.05, 4.69) is 5.32 Å². The third-order valence-corrected chi connectivity index (χ3v) is 3.80. The molecule has 1 amide bonds. The summed E-state index contributed by atoms with van der Waals surface area (Å²) in [6, 6.07) is 2.85. The summed E-state index contributed by atoms with van der Waals surface area (Å²) in [6.07, 6.45) is -0.115. The van der Waals surface area contributed by atoms with Gasteiger partial charge in [-0.05, 0) is 23.8 Å². The normalized spacial score (nSPS) is 15.6. The van der Waals surface area contributed by atoms with Crippen LogP contribution >= 0.6 is 0 Å². The lowest BCUT2D eigenvalue weighted by atomic mass is 10.2. The van der Waals surface area contributed by atoms with Gasteiger partial charge in [-0.15, -0.1) is 0 Å². The van der Waals surface area contributed by atoms with Crippen LogP contribution in [0.4, 0.5) is 18.9 Å². The summed E-state index contributed by atoms with van der Waals surface area (Å²) in [5, 5.41) is 2.40. The fraction of sp³-hybridized carbons (Fsp3) is 0.222. The van der Waals surface area contributed by atoms with Crippen molar-refractivity contribution in [2.75, 3.05) is 5.32 Å². The summed E-state index contributed by atoms with van der Waals surface area (Å²) in [5.41, 5.74) is -4.74. The molecular formula is C9H6F3NO3S. The van der Waals surface area contributed by atoms with E-state index in [1.807, 2.05) is 0 Å². The van der Waals surface area contributed by atoms with Crippen LogP contribution in [0.3, 0.4) is 0 Å². The lowest BCUT2D eigenvalue weighted by Gasteiger charge is -2.08. The second kappa shape index (κ2) is 3.46. The average molecular weight is 265 g/mol. The molecule has 0 saturated heterocycles. The first-order valence-electron chi connectivity index (χ1n) is 4.46. The van der Waals surface area contributed by atoms with Crippen LogP contribution in [0.5, 0.6) is 0 Å². The van der Waals surface area contributed by atoms with E-state index in [1.54, 1.807) is 0 Å². The van der Waals surface area contributed by atoms with Crippen LogP contribution in [0.1, 0.15) is 5.56 Å². The second-order valence-corrected chi connectivity index (χ2v) is 5.43. The number of rotatable bonds is 1. The molecule has 1 aliphatic rings. The van der Waals surface area contributed by atoms with E-state index >= 15 is 0 Å². The smallest absolute Gasteiger partial charge is 0.326 e. The highest BCUT2D eigenvalue weighted by atomic mass is 32.2. The Labute approximate surface area is 94.4 Å². The Kier molecular flexibility index (Phi) is 2.42. The van der Waals surface area contributed by atoms with Gasteiger partial charge in [-0.3, -0.25) is 4.79 Å². The van der Waals surface area contributed by atoms with Gasteiger partial charge in [-0.25, -0.2) is 8.42 Å². The summed E-state index contributed by atoms with van der Waals surface area (Å²) in [4.78, 5) is 10.1. The number of benzene rings is 1. The van der Waals surface area contributed by atoms with Crippen LogP contribution in [-0.2, 0) is 21.1 Å². The number of anilines is 1. The fourth-order valence-electron chi connectivity index (χ4n) is 1.51. The molecule has 1 aromatic carbocycles. The molecule has 0 bridgehead atoms. The minimum Gasteiger partial charge on any atom is -0.326 e. The largest absolute Gasteiger partial charge is 0.501 e. The van der Waals surface area contributed by atoms with Crippen LogP contribution < -0.4 is 5.32 Å². The highest BCUT2D eigenvalue weighted by Crippen LogP contribution is 2.33. The number of halogens is 3. The summed E-state index contributed by atoms with van der Waals surface area (Å²) >= 11 is 0. The molecule has 0 atom stereocenters.